The summed E-state index contributed by atoms with van der Waals surface area (Å²) < 4.78 is 4.92. The molecule has 0 atom stereocenters. The van der Waals surface area contributed by atoms with Crippen LogP contribution in [0.5, 0.6) is 0 Å². The second kappa shape index (κ2) is 5.48. The van der Waals surface area contributed by atoms with Gasteiger partial charge in [-0.3, -0.25) is 19.9 Å². The van der Waals surface area contributed by atoms with Gasteiger partial charge in [0.2, 0.25) is 5.76 Å². The van der Waals surface area contributed by atoms with E-state index in [0.29, 0.717) is 28.0 Å². The smallest absolute Gasteiger partial charge is 0.294 e. The van der Waals surface area contributed by atoms with Crippen molar-refractivity contribution >= 4 is 28.2 Å². The highest BCUT2D eigenvalue weighted by Crippen LogP contribution is 2.27. The van der Waals surface area contributed by atoms with E-state index in [4.69, 9.17) is 4.52 Å². The predicted octanol–water partition coefficient (Wildman–Crippen LogP) is 3.00. The number of carbonyl (C=O) groups excluding carboxylic acids is 1. The fourth-order valence-corrected chi connectivity index (χ4v) is 2.22. The minimum absolute atomic E-state index is 0.0653. The Morgan fingerprint density at radius 3 is 2.65 bits per heavy atom. The first-order valence-electron chi connectivity index (χ1n) is 6.74. The van der Waals surface area contributed by atoms with Crippen molar-refractivity contribution in [1.29, 1.82) is 0 Å². The minimum Gasteiger partial charge on any atom is -0.351 e. The molecular formula is C15H12N4O4. The molecule has 0 saturated carbocycles. The summed E-state index contributed by atoms with van der Waals surface area (Å²) in [6, 6.07) is 7.46. The van der Waals surface area contributed by atoms with Gasteiger partial charge in [0, 0.05) is 29.3 Å². The van der Waals surface area contributed by atoms with Crippen LogP contribution in [0, 0.1) is 24.0 Å². The third-order valence-electron chi connectivity index (χ3n) is 3.23. The molecule has 3 aromatic rings. The molecule has 0 bridgehead atoms. The molecule has 2 heterocycles. The first-order valence-corrected chi connectivity index (χ1v) is 6.74. The number of hydrogen-bond donors (Lipinski definition) is 1. The van der Waals surface area contributed by atoms with Gasteiger partial charge in [-0.15, -0.1) is 0 Å². The Kier molecular flexibility index (Phi) is 3.49. The van der Waals surface area contributed by atoms with E-state index in [9.17, 15) is 14.9 Å². The van der Waals surface area contributed by atoms with Gasteiger partial charge in [0.15, 0.2) is 0 Å². The lowest BCUT2D eigenvalue weighted by Gasteiger charge is -2.08. The van der Waals surface area contributed by atoms with Crippen molar-refractivity contribution < 1.29 is 14.2 Å². The topological polar surface area (TPSA) is 111 Å². The summed E-state index contributed by atoms with van der Waals surface area (Å²) >= 11 is 0. The molecule has 116 valence electrons. The van der Waals surface area contributed by atoms with Crippen molar-refractivity contribution in [3.63, 3.8) is 0 Å². The van der Waals surface area contributed by atoms with Crippen molar-refractivity contribution in [2.45, 2.75) is 13.8 Å². The Hall–Kier alpha value is -3.29. The van der Waals surface area contributed by atoms with Crippen molar-refractivity contribution in [2.75, 3.05) is 5.32 Å². The summed E-state index contributed by atoms with van der Waals surface area (Å²) in [7, 11) is 0. The Morgan fingerprint density at radius 1 is 1.22 bits per heavy atom. The SMILES string of the molecule is Cc1cc(C(=O)Nc2cc(C)nc3ccc([N+](=O)[O-])cc23)on1. The fourth-order valence-electron chi connectivity index (χ4n) is 2.22. The van der Waals surface area contributed by atoms with Gasteiger partial charge in [-0.05, 0) is 26.0 Å². The highest BCUT2D eigenvalue weighted by molar-refractivity contribution is 6.07. The van der Waals surface area contributed by atoms with Gasteiger partial charge in [0.25, 0.3) is 11.6 Å². The van der Waals surface area contributed by atoms with Gasteiger partial charge in [0.1, 0.15) is 0 Å². The minimum atomic E-state index is -0.495. The molecule has 1 N–H and O–H groups in total. The lowest BCUT2D eigenvalue weighted by atomic mass is 10.1. The fraction of sp³-hybridized carbons (Fsp3) is 0.133. The monoisotopic (exact) mass is 312 g/mol. The number of aryl methyl sites for hydroxylation is 2. The van der Waals surface area contributed by atoms with E-state index in [1.54, 1.807) is 26.0 Å². The molecule has 0 unspecified atom stereocenters. The molecule has 0 fully saturated rings. The number of hydrogen-bond acceptors (Lipinski definition) is 6. The number of carbonyl (C=O) groups is 1. The number of benzene rings is 1. The third kappa shape index (κ3) is 2.86. The molecule has 0 aliphatic rings. The quantitative estimate of drug-likeness (QED) is 0.587. The molecule has 0 aliphatic heterocycles. The average molecular weight is 312 g/mol. The van der Waals surface area contributed by atoms with Gasteiger partial charge >= 0.3 is 0 Å². The van der Waals surface area contributed by atoms with Crippen LogP contribution in [0.25, 0.3) is 10.9 Å². The van der Waals surface area contributed by atoms with Crippen LogP contribution in [-0.4, -0.2) is 21.0 Å². The number of nitrogens with one attached hydrogen (secondary N) is 1. The number of fused-ring (bicyclic) bond motifs is 1. The highest BCUT2D eigenvalue weighted by Gasteiger charge is 2.16. The van der Waals surface area contributed by atoms with Crippen LogP contribution in [-0.2, 0) is 0 Å². The number of nitrogens with zero attached hydrogens (tertiary/aromatic N) is 3. The molecule has 0 saturated heterocycles. The van der Waals surface area contributed by atoms with E-state index in [1.165, 1.54) is 18.2 Å². The maximum atomic E-state index is 12.2. The van der Waals surface area contributed by atoms with Gasteiger partial charge in [-0.1, -0.05) is 5.16 Å². The molecule has 1 aromatic carbocycles. The molecule has 2 aromatic heterocycles. The number of non-ortho nitro benzene ring substituents is 1. The van der Waals surface area contributed by atoms with Crippen LogP contribution >= 0.6 is 0 Å². The highest BCUT2D eigenvalue weighted by atomic mass is 16.6. The Morgan fingerprint density at radius 2 is 2.00 bits per heavy atom. The third-order valence-corrected chi connectivity index (χ3v) is 3.23. The Balaban J connectivity index is 2.06. The average Bonchev–Trinajstić information content (AvgIpc) is 2.93. The Bertz CT molecular complexity index is 932. The van der Waals surface area contributed by atoms with E-state index in [1.807, 2.05) is 0 Å². The van der Waals surface area contributed by atoms with E-state index >= 15 is 0 Å². The molecule has 0 spiro atoms. The van der Waals surface area contributed by atoms with Crippen molar-refractivity contribution in [2.24, 2.45) is 0 Å². The van der Waals surface area contributed by atoms with Crippen molar-refractivity contribution in [3.8, 4) is 0 Å². The second-order valence-electron chi connectivity index (χ2n) is 5.06. The maximum Gasteiger partial charge on any atom is 0.294 e. The first kappa shape index (κ1) is 14.6. The van der Waals surface area contributed by atoms with Gasteiger partial charge < -0.3 is 9.84 Å². The van der Waals surface area contributed by atoms with E-state index in [0.717, 1.165) is 0 Å². The summed E-state index contributed by atoms with van der Waals surface area (Å²) in [5.74, 6) is -0.417. The van der Waals surface area contributed by atoms with Crippen LogP contribution in [0.15, 0.2) is 34.9 Å². The molecular weight excluding hydrogens is 300 g/mol. The second-order valence-corrected chi connectivity index (χ2v) is 5.06. The zero-order chi connectivity index (χ0) is 16.6. The molecule has 3 rings (SSSR count). The maximum absolute atomic E-state index is 12.2. The van der Waals surface area contributed by atoms with Gasteiger partial charge in [0.05, 0.1) is 21.8 Å². The summed E-state index contributed by atoms with van der Waals surface area (Å²) in [5.41, 5.74) is 2.17. The molecule has 0 aliphatic carbocycles. The number of nitro groups is 1. The molecule has 0 radical (unpaired) electrons. The number of pyridine rings is 1. The summed E-state index contributed by atoms with van der Waals surface area (Å²) in [4.78, 5) is 27.0. The lowest BCUT2D eigenvalue weighted by molar-refractivity contribution is -0.384. The molecule has 8 nitrogen and oxygen atoms in total. The van der Waals surface area contributed by atoms with Crippen molar-refractivity contribution in [1.82, 2.24) is 10.1 Å². The predicted molar refractivity (Wildman–Crippen MR) is 82.3 cm³/mol. The largest absolute Gasteiger partial charge is 0.351 e. The summed E-state index contributed by atoms with van der Waals surface area (Å²) in [5, 5.41) is 17.8. The summed E-state index contributed by atoms with van der Waals surface area (Å²) in [6.07, 6.45) is 0. The van der Waals surface area contributed by atoms with Crippen molar-refractivity contribution in [3.05, 3.63) is 57.6 Å². The van der Waals surface area contributed by atoms with Crippen LogP contribution < -0.4 is 5.32 Å². The normalized spacial score (nSPS) is 10.7. The lowest BCUT2D eigenvalue weighted by Crippen LogP contribution is -2.11. The van der Waals surface area contributed by atoms with Crippen LogP contribution in [0.2, 0.25) is 0 Å². The molecule has 23 heavy (non-hydrogen) atoms. The number of rotatable bonds is 3. The van der Waals surface area contributed by atoms with Gasteiger partial charge in [-0.25, -0.2) is 0 Å². The number of nitro benzene ring substituents is 1. The van der Waals surface area contributed by atoms with Crippen LogP contribution in [0.4, 0.5) is 11.4 Å². The molecule has 1 amide bonds. The number of aromatic nitrogens is 2. The summed E-state index contributed by atoms with van der Waals surface area (Å²) in [6.45, 7) is 3.48. The van der Waals surface area contributed by atoms with Crippen LogP contribution in [0.1, 0.15) is 21.9 Å². The van der Waals surface area contributed by atoms with E-state index < -0.39 is 10.8 Å². The standard InChI is InChI=1S/C15H12N4O4/c1-8-5-13(17-15(20)14-6-9(2)18-23-14)11-7-10(19(21)22)3-4-12(11)16-8/h3-7H,1-2H3,(H,16,17,20). The zero-order valence-corrected chi connectivity index (χ0v) is 12.4. The zero-order valence-electron chi connectivity index (χ0n) is 12.4. The number of amides is 1. The first-order chi connectivity index (χ1) is 10.9. The Labute approximate surface area is 130 Å². The van der Waals surface area contributed by atoms with E-state index in [2.05, 4.69) is 15.5 Å². The van der Waals surface area contributed by atoms with E-state index in [-0.39, 0.29) is 11.4 Å². The van der Waals surface area contributed by atoms with Gasteiger partial charge in [-0.2, -0.15) is 0 Å². The van der Waals surface area contributed by atoms with Crippen LogP contribution in [0.3, 0.4) is 0 Å². The molecule has 8 heteroatoms. The number of anilines is 1.